The maximum absolute atomic E-state index is 14.1. The molecule has 0 bridgehead atoms. The first-order valence-electron chi connectivity index (χ1n) is 8.73. The molecule has 2 aromatic carbocycles. The number of fused-ring (bicyclic) bond motifs is 1. The molecule has 3 aromatic rings. The van der Waals surface area contributed by atoms with Crippen molar-refractivity contribution in [1.29, 1.82) is 0 Å². The monoisotopic (exact) mass is 451 g/mol. The van der Waals surface area contributed by atoms with Crippen molar-refractivity contribution in [3.8, 4) is 0 Å². The minimum atomic E-state index is -0.900. The molecule has 0 N–H and O–H groups in total. The van der Waals surface area contributed by atoms with Crippen LogP contribution < -0.4 is 4.90 Å². The van der Waals surface area contributed by atoms with Crippen LogP contribution in [0.1, 0.15) is 10.4 Å². The van der Waals surface area contributed by atoms with E-state index in [1.54, 1.807) is 19.0 Å². The minimum absolute atomic E-state index is 0.0282. The summed E-state index contributed by atoms with van der Waals surface area (Å²) >= 11 is 0.857. The lowest BCUT2D eigenvalue weighted by Crippen LogP contribution is -2.36. The third kappa shape index (κ3) is 4.78. The van der Waals surface area contributed by atoms with Crippen LogP contribution >= 0.6 is 11.3 Å². The highest BCUT2D eigenvalue weighted by atomic mass is 32.1. The van der Waals surface area contributed by atoms with Crippen LogP contribution in [0.2, 0.25) is 0 Å². The molecule has 0 saturated carbocycles. The summed E-state index contributed by atoms with van der Waals surface area (Å²) in [7, 11) is 3.49. The summed E-state index contributed by atoms with van der Waals surface area (Å²) in [4.78, 5) is 40.8. The Kier molecular flexibility index (Phi) is 6.17. The normalized spacial score (nSPS) is 11.1. The van der Waals surface area contributed by atoms with E-state index in [1.165, 1.54) is 0 Å². The smallest absolute Gasteiger partial charge is 0.277 e. The van der Waals surface area contributed by atoms with Crippen molar-refractivity contribution in [3.63, 3.8) is 0 Å². The molecule has 0 fully saturated rings. The number of amides is 1. The molecule has 0 radical (unpaired) electrons. The number of benzene rings is 2. The van der Waals surface area contributed by atoms with Gasteiger partial charge in [0.15, 0.2) is 10.9 Å². The molecule has 0 unspecified atom stereocenters. The van der Waals surface area contributed by atoms with E-state index < -0.39 is 38.8 Å². The Hall–Kier alpha value is -3.58. The Labute approximate surface area is 177 Å². The van der Waals surface area contributed by atoms with Gasteiger partial charge in [-0.2, -0.15) is 0 Å². The molecule has 1 aromatic heterocycles. The van der Waals surface area contributed by atoms with Crippen molar-refractivity contribution in [3.05, 3.63) is 67.8 Å². The van der Waals surface area contributed by atoms with Gasteiger partial charge in [0.05, 0.1) is 26.2 Å². The first-order valence-corrected chi connectivity index (χ1v) is 9.54. The van der Waals surface area contributed by atoms with Crippen LogP contribution in [0.4, 0.5) is 25.3 Å². The van der Waals surface area contributed by atoms with Gasteiger partial charge in [0, 0.05) is 31.3 Å². The van der Waals surface area contributed by atoms with Gasteiger partial charge in [-0.25, -0.2) is 13.8 Å². The van der Waals surface area contributed by atoms with E-state index in [0.29, 0.717) is 12.6 Å². The van der Waals surface area contributed by atoms with Gasteiger partial charge in [0.25, 0.3) is 17.3 Å². The fourth-order valence-electron chi connectivity index (χ4n) is 2.73. The summed E-state index contributed by atoms with van der Waals surface area (Å²) < 4.78 is 27.8. The second kappa shape index (κ2) is 8.65. The van der Waals surface area contributed by atoms with Crippen molar-refractivity contribution in [2.45, 2.75) is 0 Å². The summed E-state index contributed by atoms with van der Waals surface area (Å²) in [6.07, 6.45) is 0. The Balaban J connectivity index is 2.11. The predicted octanol–water partition coefficient (Wildman–Crippen LogP) is 3.60. The van der Waals surface area contributed by atoms with Gasteiger partial charge in [-0.05, 0) is 20.2 Å². The number of carbonyl (C=O) groups excluding carboxylic acids is 1. The molecule has 0 saturated heterocycles. The lowest BCUT2D eigenvalue weighted by molar-refractivity contribution is -0.394. The topological polar surface area (TPSA) is 123 Å². The van der Waals surface area contributed by atoms with Crippen LogP contribution in [0.25, 0.3) is 10.2 Å². The second-order valence-electron chi connectivity index (χ2n) is 6.74. The fraction of sp³-hybridized carbons (Fsp3) is 0.222. The van der Waals surface area contributed by atoms with E-state index in [0.717, 1.165) is 40.5 Å². The van der Waals surface area contributed by atoms with Crippen LogP contribution in [0.15, 0.2) is 30.3 Å². The van der Waals surface area contributed by atoms with E-state index in [9.17, 15) is 33.8 Å². The molecular formula is C18H15F2N5O5S. The number of nitro benzene ring substituents is 2. The number of hydrogen-bond acceptors (Lipinski definition) is 8. The van der Waals surface area contributed by atoms with E-state index in [1.807, 2.05) is 0 Å². The summed E-state index contributed by atoms with van der Waals surface area (Å²) in [6.45, 7) is 0.391. The maximum Gasteiger partial charge on any atom is 0.277 e. The van der Waals surface area contributed by atoms with Gasteiger partial charge in [0.1, 0.15) is 11.3 Å². The lowest BCUT2D eigenvalue weighted by Gasteiger charge is -2.22. The summed E-state index contributed by atoms with van der Waals surface area (Å²) in [5.74, 6) is -2.50. The summed E-state index contributed by atoms with van der Waals surface area (Å²) in [6, 6.07) is 4.34. The summed E-state index contributed by atoms with van der Waals surface area (Å²) in [5, 5.41) is 22.3. The van der Waals surface area contributed by atoms with Gasteiger partial charge >= 0.3 is 0 Å². The van der Waals surface area contributed by atoms with Crippen LogP contribution in [0.3, 0.4) is 0 Å². The first-order chi connectivity index (χ1) is 14.6. The average molecular weight is 451 g/mol. The lowest BCUT2D eigenvalue weighted by atomic mass is 10.1. The zero-order valence-corrected chi connectivity index (χ0v) is 17.1. The zero-order valence-electron chi connectivity index (χ0n) is 16.2. The molecular weight excluding hydrogens is 436 g/mol. The van der Waals surface area contributed by atoms with E-state index in [2.05, 4.69) is 4.98 Å². The third-order valence-electron chi connectivity index (χ3n) is 4.22. The van der Waals surface area contributed by atoms with Gasteiger partial charge in [-0.15, -0.1) is 0 Å². The standard InChI is InChI=1S/C18H15F2N5O5S/c1-22(2)3-4-23(18-21-16-14(20)7-11(19)8-15(16)31-18)17(26)10-5-12(24(27)28)9-13(6-10)25(29)30/h5-9H,3-4H2,1-2H3. The van der Waals surface area contributed by atoms with Crippen LogP contribution in [0.5, 0.6) is 0 Å². The predicted molar refractivity (Wildman–Crippen MR) is 110 cm³/mol. The average Bonchev–Trinajstić information content (AvgIpc) is 3.11. The van der Waals surface area contributed by atoms with Gasteiger partial charge < -0.3 is 4.90 Å². The largest absolute Gasteiger partial charge is 0.308 e. The van der Waals surface area contributed by atoms with Crippen molar-refractivity contribution in [2.75, 3.05) is 32.1 Å². The van der Waals surface area contributed by atoms with Crippen LogP contribution in [0, 0.1) is 31.9 Å². The molecule has 1 heterocycles. The molecule has 10 nitrogen and oxygen atoms in total. The molecule has 3 rings (SSSR count). The van der Waals surface area contributed by atoms with Gasteiger partial charge in [-0.1, -0.05) is 11.3 Å². The maximum atomic E-state index is 14.1. The molecule has 13 heteroatoms. The van der Waals surface area contributed by atoms with Crippen molar-refractivity contribution in [2.24, 2.45) is 0 Å². The number of thiazole rings is 1. The molecule has 1 amide bonds. The highest BCUT2D eigenvalue weighted by Gasteiger charge is 2.26. The van der Waals surface area contributed by atoms with E-state index in [-0.39, 0.29) is 27.5 Å². The number of nitrogens with zero attached hydrogens (tertiary/aromatic N) is 5. The summed E-state index contributed by atoms with van der Waals surface area (Å²) in [5.41, 5.74) is -1.68. The van der Waals surface area contributed by atoms with Crippen molar-refractivity contribution >= 4 is 44.0 Å². The number of non-ortho nitro benzene ring substituents is 2. The number of rotatable bonds is 7. The highest BCUT2D eigenvalue weighted by Crippen LogP contribution is 2.33. The highest BCUT2D eigenvalue weighted by molar-refractivity contribution is 7.22. The van der Waals surface area contributed by atoms with Gasteiger partial charge in [-0.3, -0.25) is 29.9 Å². The zero-order chi connectivity index (χ0) is 22.9. The van der Waals surface area contributed by atoms with Crippen LogP contribution in [-0.4, -0.2) is 52.8 Å². The van der Waals surface area contributed by atoms with E-state index >= 15 is 0 Å². The van der Waals surface area contributed by atoms with Gasteiger partial charge in [0.2, 0.25) is 0 Å². The van der Waals surface area contributed by atoms with E-state index in [4.69, 9.17) is 0 Å². The molecule has 0 aliphatic rings. The SMILES string of the molecule is CN(C)CCN(C(=O)c1cc([N+](=O)[O-])cc([N+](=O)[O-])c1)c1nc2c(F)cc(F)cc2s1. The minimum Gasteiger partial charge on any atom is -0.308 e. The first kappa shape index (κ1) is 22.1. The van der Waals surface area contributed by atoms with Crippen molar-refractivity contribution < 1.29 is 23.4 Å². The quantitative estimate of drug-likeness (QED) is 0.397. The molecule has 162 valence electrons. The van der Waals surface area contributed by atoms with Crippen LogP contribution in [-0.2, 0) is 0 Å². The number of carbonyl (C=O) groups is 1. The Bertz CT molecular complexity index is 1170. The number of aromatic nitrogens is 1. The number of nitro groups is 2. The molecule has 0 aliphatic carbocycles. The third-order valence-corrected chi connectivity index (χ3v) is 5.25. The number of hydrogen-bond donors (Lipinski definition) is 0. The molecule has 31 heavy (non-hydrogen) atoms. The fourth-order valence-corrected chi connectivity index (χ4v) is 3.76. The number of anilines is 1. The number of halogens is 2. The van der Waals surface area contributed by atoms with Crippen molar-refractivity contribution in [1.82, 2.24) is 9.88 Å². The molecule has 0 atom stereocenters. The molecule has 0 spiro atoms. The Morgan fingerprint density at radius 2 is 1.65 bits per heavy atom. The molecule has 0 aliphatic heterocycles. The number of likely N-dealkylation sites (N-methyl/N-ethyl adjacent to an activating group) is 1. The second-order valence-corrected chi connectivity index (χ2v) is 7.75. The Morgan fingerprint density at radius 3 is 2.19 bits per heavy atom. The Morgan fingerprint density at radius 1 is 1.03 bits per heavy atom.